The zero-order valence-corrected chi connectivity index (χ0v) is 12.1. The molecule has 0 radical (unpaired) electrons. The van der Waals surface area contributed by atoms with Crippen LogP contribution in [0.3, 0.4) is 0 Å². The monoisotopic (exact) mass is 266 g/mol. The first-order chi connectivity index (χ1) is 9.20. The summed E-state index contributed by atoms with van der Waals surface area (Å²) < 4.78 is 7.66. The van der Waals surface area contributed by atoms with Crippen molar-refractivity contribution in [2.45, 2.75) is 57.6 Å². The third-order valence-electron chi connectivity index (χ3n) is 3.99. The maximum Gasteiger partial charge on any atom is 0.0843 e. The van der Waals surface area contributed by atoms with Crippen molar-refractivity contribution < 1.29 is 4.74 Å². The highest BCUT2D eigenvalue weighted by Crippen LogP contribution is 2.29. The molecular weight excluding hydrogens is 240 g/mol. The van der Waals surface area contributed by atoms with E-state index < -0.39 is 0 Å². The smallest absolute Gasteiger partial charge is 0.0843 e. The number of hydrogen-bond donors (Lipinski definition) is 1. The van der Waals surface area contributed by atoms with Crippen molar-refractivity contribution >= 4 is 0 Å². The molecule has 2 unspecified atom stereocenters. The van der Waals surface area contributed by atoms with E-state index >= 15 is 0 Å². The molecule has 0 spiro atoms. The Bertz CT molecular complexity index is 373. The van der Waals surface area contributed by atoms with Gasteiger partial charge in [0.15, 0.2) is 0 Å². The van der Waals surface area contributed by atoms with Gasteiger partial charge < -0.3 is 10.5 Å². The predicted octanol–water partition coefficient (Wildman–Crippen LogP) is 1.67. The van der Waals surface area contributed by atoms with Crippen LogP contribution in [0.15, 0.2) is 6.20 Å². The van der Waals surface area contributed by atoms with Crippen LogP contribution in [-0.4, -0.2) is 33.7 Å². The highest BCUT2D eigenvalue weighted by molar-refractivity contribution is 4.98. The highest BCUT2D eigenvalue weighted by atomic mass is 16.5. The van der Waals surface area contributed by atoms with Crippen LogP contribution in [0.25, 0.3) is 0 Å². The minimum Gasteiger partial charge on any atom is -0.377 e. The molecule has 1 saturated carbocycles. The van der Waals surface area contributed by atoms with Gasteiger partial charge in [-0.3, -0.25) is 4.68 Å². The minimum atomic E-state index is 0.0137. The molecule has 1 aliphatic carbocycles. The molecule has 0 aromatic carbocycles. The number of nitrogens with zero attached hydrogens (tertiary/aromatic N) is 3. The lowest BCUT2D eigenvalue weighted by atomic mass is 9.82. The lowest BCUT2D eigenvalue weighted by Crippen LogP contribution is -2.44. The Morgan fingerprint density at radius 2 is 2.16 bits per heavy atom. The maximum atomic E-state index is 6.37. The number of nitrogens with two attached hydrogens (primary N) is 1. The lowest BCUT2D eigenvalue weighted by molar-refractivity contribution is -0.00929. The second-order valence-electron chi connectivity index (χ2n) is 5.57. The zero-order chi connectivity index (χ0) is 13.7. The quantitative estimate of drug-likeness (QED) is 0.850. The summed E-state index contributed by atoms with van der Waals surface area (Å²) in [5.41, 5.74) is 7.33. The van der Waals surface area contributed by atoms with Crippen molar-refractivity contribution in [2.75, 3.05) is 6.61 Å². The first-order valence-corrected chi connectivity index (χ1v) is 7.43. The largest absolute Gasteiger partial charge is 0.377 e. The number of ether oxygens (including phenoxy) is 1. The Balaban J connectivity index is 1.96. The molecule has 0 aliphatic heterocycles. The maximum absolute atomic E-state index is 6.37. The molecule has 1 heterocycles. The van der Waals surface area contributed by atoms with Gasteiger partial charge in [0.25, 0.3) is 0 Å². The van der Waals surface area contributed by atoms with Crippen molar-refractivity contribution in [3.05, 3.63) is 11.9 Å². The third kappa shape index (κ3) is 4.01. The summed E-state index contributed by atoms with van der Waals surface area (Å²) in [4.78, 5) is 0. The van der Waals surface area contributed by atoms with Gasteiger partial charge in [0.2, 0.25) is 0 Å². The number of hydrogen-bond acceptors (Lipinski definition) is 4. The SMILES string of the molecule is CCOC(C(N)Cc1cn(C)nn1)C1CCCCC1. The molecule has 108 valence electrons. The van der Waals surface area contributed by atoms with Crippen LogP contribution in [0.1, 0.15) is 44.7 Å². The molecule has 19 heavy (non-hydrogen) atoms. The van der Waals surface area contributed by atoms with Gasteiger partial charge in [0.1, 0.15) is 0 Å². The van der Waals surface area contributed by atoms with Gasteiger partial charge in [-0.1, -0.05) is 24.5 Å². The van der Waals surface area contributed by atoms with E-state index in [2.05, 4.69) is 10.3 Å². The molecule has 2 rings (SSSR count). The van der Waals surface area contributed by atoms with Crippen molar-refractivity contribution in [1.29, 1.82) is 0 Å². The van der Waals surface area contributed by atoms with Crippen molar-refractivity contribution in [1.82, 2.24) is 15.0 Å². The average Bonchev–Trinajstić information content (AvgIpc) is 2.82. The van der Waals surface area contributed by atoms with Gasteiger partial charge in [-0.15, -0.1) is 5.10 Å². The second kappa shape index (κ2) is 7.01. The Kier molecular flexibility index (Phi) is 5.34. The van der Waals surface area contributed by atoms with Crippen LogP contribution in [0.5, 0.6) is 0 Å². The molecule has 5 nitrogen and oxygen atoms in total. The molecule has 2 N–H and O–H groups in total. The van der Waals surface area contributed by atoms with E-state index in [1.54, 1.807) is 4.68 Å². The van der Waals surface area contributed by atoms with E-state index in [0.29, 0.717) is 5.92 Å². The average molecular weight is 266 g/mol. The summed E-state index contributed by atoms with van der Waals surface area (Å²) in [5, 5.41) is 8.08. The molecule has 1 fully saturated rings. The summed E-state index contributed by atoms with van der Waals surface area (Å²) in [6.07, 6.45) is 9.32. The van der Waals surface area contributed by atoms with Crippen molar-refractivity contribution in [3.63, 3.8) is 0 Å². The van der Waals surface area contributed by atoms with Gasteiger partial charge in [0, 0.05) is 32.3 Å². The van der Waals surface area contributed by atoms with E-state index in [1.165, 1.54) is 32.1 Å². The first kappa shape index (κ1) is 14.5. The summed E-state index contributed by atoms with van der Waals surface area (Å²) in [6, 6.07) is 0.0137. The van der Waals surface area contributed by atoms with Crippen LogP contribution in [0, 0.1) is 5.92 Å². The van der Waals surface area contributed by atoms with Gasteiger partial charge >= 0.3 is 0 Å². The Morgan fingerprint density at radius 3 is 2.74 bits per heavy atom. The lowest BCUT2D eigenvalue weighted by Gasteiger charge is -2.33. The molecule has 0 saturated heterocycles. The van der Waals surface area contributed by atoms with E-state index in [1.807, 2.05) is 20.2 Å². The minimum absolute atomic E-state index is 0.0137. The van der Waals surface area contributed by atoms with Gasteiger partial charge in [0.05, 0.1) is 11.8 Å². The normalized spacial score (nSPS) is 20.4. The molecule has 0 amide bonds. The summed E-state index contributed by atoms with van der Waals surface area (Å²) >= 11 is 0. The fraction of sp³-hybridized carbons (Fsp3) is 0.857. The van der Waals surface area contributed by atoms with Crippen LogP contribution < -0.4 is 5.73 Å². The fourth-order valence-corrected chi connectivity index (χ4v) is 3.11. The molecule has 0 bridgehead atoms. The standard InChI is InChI=1S/C14H26N4O/c1-3-19-14(11-7-5-4-6-8-11)13(15)9-12-10-18(2)17-16-12/h10-11,13-14H,3-9,15H2,1-2H3. The van der Waals surface area contributed by atoms with Crippen LogP contribution in [0.4, 0.5) is 0 Å². The highest BCUT2D eigenvalue weighted by Gasteiger charge is 2.29. The fourth-order valence-electron chi connectivity index (χ4n) is 3.11. The molecule has 5 heteroatoms. The predicted molar refractivity (Wildman–Crippen MR) is 74.7 cm³/mol. The Labute approximate surface area is 115 Å². The summed E-state index contributed by atoms with van der Waals surface area (Å²) in [7, 11) is 1.88. The van der Waals surface area contributed by atoms with Crippen LogP contribution in [0.2, 0.25) is 0 Å². The van der Waals surface area contributed by atoms with Crippen molar-refractivity contribution in [3.8, 4) is 0 Å². The molecule has 1 aromatic rings. The Hall–Kier alpha value is -0.940. The molecule has 1 aliphatic rings. The van der Waals surface area contributed by atoms with Gasteiger partial charge in [-0.25, -0.2) is 0 Å². The topological polar surface area (TPSA) is 66.0 Å². The third-order valence-corrected chi connectivity index (χ3v) is 3.99. The zero-order valence-electron chi connectivity index (χ0n) is 12.1. The van der Waals surface area contributed by atoms with E-state index in [-0.39, 0.29) is 12.1 Å². The summed E-state index contributed by atoms with van der Waals surface area (Å²) in [5.74, 6) is 0.611. The van der Waals surface area contributed by atoms with Crippen molar-refractivity contribution in [2.24, 2.45) is 18.7 Å². The number of rotatable bonds is 6. The molecule has 2 atom stereocenters. The molecule has 1 aromatic heterocycles. The van der Waals surface area contributed by atoms with Crippen LogP contribution in [-0.2, 0) is 18.2 Å². The number of aromatic nitrogens is 3. The van der Waals surface area contributed by atoms with E-state index in [9.17, 15) is 0 Å². The first-order valence-electron chi connectivity index (χ1n) is 7.43. The Morgan fingerprint density at radius 1 is 1.42 bits per heavy atom. The number of aryl methyl sites for hydroxylation is 1. The second-order valence-corrected chi connectivity index (χ2v) is 5.57. The van der Waals surface area contributed by atoms with E-state index in [4.69, 9.17) is 10.5 Å². The van der Waals surface area contributed by atoms with E-state index in [0.717, 1.165) is 18.7 Å². The van der Waals surface area contributed by atoms with Gasteiger partial charge in [-0.2, -0.15) is 0 Å². The summed E-state index contributed by atoms with van der Waals surface area (Å²) in [6.45, 7) is 2.78. The van der Waals surface area contributed by atoms with Crippen LogP contribution >= 0.6 is 0 Å². The molecular formula is C14H26N4O. The van der Waals surface area contributed by atoms with Gasteiger partial charge in [-0.05, 0) is 25.7 Å².